The molecule has 2 aromatic rings. The van der Waals surface area contributed by atoms with E-state index in [1.165, 1.54) is 14.2 Å². The molecule has 0 saturated carbocycles. The van der Waals surface area contributed by atoms with Gasteiger partial charge < -0.3 is 23.8 Å². The smallest absolute Gasteiger partial charge is 0.282 e. The predicted octanol–water partition coefficient (Wildman–Crippen LogP) is 2.58. The number of ether oxygens (including phenoxy) is 4. The van der Waals surface area contributed by atoms with E-state index in [0.29, 0.717) is 60.3 Å². The maximum absolute atomic E-state index is 13.7. The molecule has 0 atom stereocenters. The van der Waals surface area contributed by atoms with Gasteiger partial charge in [0.2, 0.25) is 0 Å². The molecule has 3 rings (SSSR count). The standard InChI is InChI=1S/C24H28N2O6/c1-29-12-10-25(11-13-30-2)22-21(17-8-6-5-7-9-17)23(27)26(24(22)28)18-14-19(31-3)16-20(15-18)32-4/h5-9,14-16H,10-13H2,1-4H3. The van der Waals surface area contributed by atoms with Crippen LogP contribution in [0.5, 0.6) is 11.5 Å². The summed E-state index contributed by atoms with van der Waals surface area (Å²) in [6.45, 7) is 1.65. The highest BCUT2D eigenvalue weighted by molar-refractivity contribution is 6.45. The van der Waals surface area contributed by atoms with Crippen molar-refractivity contribution in [2.45, 2.75) is 0 Å². The first-order valence-corrected chi connectivity index (χ1v) is 10.2. The van der Waals surface area contributed by atoms with Crippen LogP contribution in [0.4, 0.5) is 5.69 Å². The average Bonchev–Trinajstić information content (AvgIpc) is 3.09. The molecule has 0 bridgehead atoms. The van der Waals surface area contributed by atoms with Crippen molar-refractivity contribution < 1.29 is 28.5 Å². The van der Waals surface area contributed by atoms with Crippen LogP contribution in [0.15, 0.2) is 54.2 Å². The van der Waals surface area contributed by atoms with Gasteiger partial charge in [0, 0.05) is 45.5 Å². The lowest BCUT2D eigenvalue weighted by atomic mass is 10.0. The minimum absolute atomic E-state index is 0.317. The van der Waals surface area contributed by atoms with Gasteiger partial charge in [-0.15, -0.1) is 0 Å². The van der Waals surface area contributed by atoms with E-state index in [1.54, 1.807) is 32.4 Å². The summed E-state index contributed by atoms with van der Waals surface area (Å²) in [4.78, 5) is 30.4. The second kappa shape index (κ2) is 10.8. The van der Waals surface area contributed by atoms with Gasteiger partial charge in [-0.25, -0.2) is 4.90 Å². The SMILES string of the molecule is COCCN(CCOC)C1=C(c2ccccc2)C(=O)N(c2cc(OC)cc(OC)c2)C1=O. The Kier molecular flexibility index (Phi) is 7.86. The average molecular weight is 440 g/mol. The van der Waals surface area contributed by atoms with Crippen LogP contribution in [-0.2, 0) is 19.1 Å². The van der Waals surface area contributed by atoms with E-state index < -0.39 is 11.8 Å². The normalized spacial score (nSPS) is 13.7. The van der Waals surface area contributed by atoms with Gasteiger partial charge in [0.25, 0.3) is 11.8 Å². The number of amides is 2. The fourth-order valence-electron chi connectivity index (χ4n) is 3.57. The van der Waals surface area contributed by atoms with E-state index in [9.17, 15) is 9.59 Å². The molecule has 8 nitrogen and oxygen atoms in total. The Hall–Kier alpha value is -3.36. The Morgan fingerprint density at radius 3 is 1.84 bits per heavy atom. The predicted molar refractivity (Wildman–Crippen MR) is 121 cm³/mol. The highest BCUT2D eigenvalue weighted by Gasteiger charge is 2.42. The van der Waals surface area contributed by atoms with Crippen LogP contribution in [0, 0.1) is 0 Å². The summed E-state index contributed by atoms with van der Waals surface area (Å²) in [6.07, 6.45) is 0. The van der Waals surface area contributed by atoms with Crippen molar-refractivity contribution in [3.8, 4) is 11.5 Å². The Labute approximate surface area is 187 Å². The van der Waals surface area contributed by atoms with E-state index in [1.807, 2.05) is 35.2 Å². The zero-order chi connectivity index (χ0) is 23.1. The summed E-state index contributed by atoms with van der Waals surface area (Å²) >= 11 is 0. The third kappa shape index (κ3) is 4.76. The van der Waals surface area contributed by atoms with Crippen molar-refractivity contribution in [3.63, 3.8) is 0 Å². The number of hydrogen-bond acceptors (Lipinski definition) is 7. The number of carbonyl (C=O) groups excluding carboxylic acids is 2. The summed E-state index contributed by atoms with van der Waals surface area (Å²) in [6, 6.07) is 14.1. The molecule has 1 aliphatic rings. The van der Waals surface area contributed by atoms with Gasteiger partial charge in [-0.3, -0.25) is 9.59 Å². The van der Waals surface area contributed by atoms with Gasteiger partial charge in [-0.05, 0) is 5.56 Å². The van der Waals surface area contributed by atoms with Gasteiger partial charge in [0.1, 0.15) is 17.2 Å². The second-order valence-corrected chi connectivity index (χ2v) is 7.08. The molecular formula is C24H28N2O6. The van der Waals surface area contributed by atoms with Crippen molar-refractivity contribution in [1.29, 1.82) is 0 Å². The Bertz CT molecular complexity index is 959. The molecule has 0 N–H and O–H groups in total. The lowest BCUT2D eigenvalue weighted by molar-refractivity contribution is -0.120. The van der Waals surface area contributed by atoms with Gasteiger partial charge in [-0.1, -0.05) is 30.3 Å². The van der Waals surface area contributed by atoms with E-state index in [0.717, 1.165) is 4.90 Å². The molecule has 0 aliphatic carbocycles. The maximum atomic E-state index is 13.7. The summed E-state index contributed by atoms with van der Waals surface area (Å²) in [7, 11) is 6.22. The third-order valence-corrected chi connectivity index (χ3v) is 5.16. The van der Waals surface area contributed by atoms with E-state index >= 15 is 0 Å². The first-order valence-electron chi connectivity index (χ1n) is 10.2. The van der Waals surface area contributed by atoms with E-state index in [-0.39, 0.29) is 0 Å². The summed E-state index contributed by atoms with van der Waals surface area (Å²) < 4.78 is 21.1. The molecule has 0 fully saturated rings. The minimum atomic E-state index is -0.420. The molecule has 1 heterocycles. The Morgan fingerprint density at radius 1 is 0.781 bits per heavy atom. The molecule has 32 heavy (non-hydrogen) atoms. The van der Waals surface area contributed by atoms with Gasteiger partial charge in [-0.2, -0.15) is 0 Å². The molecule has 1 aliphatic heterocycles. The van der Waals surface area contributed by atoms with Crippen LogP contribution in [-0.4, -0.2) is 71.5 Å². The zero-order valence-electron chi connectivity index (χ0n) is 18.8. The van der Waals surface area contributed by atoms with E-state index in [2.05, 4.69) is 0 Å². The number of nitrogens with zero attached hydrogens (tertiary/aromatic N) is 2. The molecule has 2 aromatic carbocycles. The number of hydrogen-bond donors (Lipinski definition) is 0. The third-order valence-electron chi connectivity index (χ3n) is 5.16. The number of imide groups is 1. The topological polar surface area (TPSA) is 77.5 Å². The quantitative estimate of drug-likeness (QED) is 0.497. The van der Waals surface area contributed by atoms with Crippen LogP contribution >= 0.6 is 0 Å². The van der Waals surface area contributed by atoms with Crippen molar-refractivity contribution in [3.05, 3.63) is 59.8 Å². The van der Waals surface area contributed by atoms with E-state index in [4.69, 9.17) is 18.9 Å². The number of carbonyl (C=O) groups is 2. The largest absolute Gasteiger partial charge is 0.497 e. The highest BCUT2D eigenvalue weighted by atomic mass is 16.5. The lowest BCUT2D eigenvalue weighted by Crippen LogP contribution is -2.37. The molecule has 2 amide bonds. The Balaban J connectivity index is 2.13. The highest BCUT2D eigenvalue weighted by Crippen LogP contribution is 2.37. The van der Waals surface area contributed by atoms with Crippen LogP contribution in [0.3, 0.4) is 0 Å². The fraction of sp³-hybridized carbons (Fsp3) is 0.333. The maximum Gasteiger partial charge on any atom is 0.282 e. The summed E-state index contributed by atoms with van der Waals surface area (Å²) in [5, 5.41) is 0. The molecule has 0 spiro atoms. The number of rotatable bonds is 11. The first-order chi connectivity index (χ1) is 15.5. The lowest BCUT2D eigenvalue weighted by Gasteiger charge is -2.25. The van der Waals surface area contributed by atoms with Gasteiger partial charge >= 0.3 is 0 Å². The molecule has 0 radical (unpaired) electrons. The summed E-state index contributed by atoms with van der Waals surface area (Å²) in [5.41, 5.74) is 1.69. The van der Waals surface area contributed by atoms with Crippen molar-refractivity contribution in [1.82, 2.24) is 4.90 Å². The second-order valence-electron chi connectivity index (χ2n) is 7.08. The monoisotopic (exact) mass is 440 g/mol. The van der Waals surface area contributed by atoms with Crippen molar-refractivity contribution in [2.24, 2.45) is 0 Å². The summed E-state index contributed by atoms with van der Waals surface area (Å²) in [5.74, 6) is 0.123. The fourth-order valence-corrected chi connectivity index (χ4v) is 3.57. The molecule has 8 heteroatoms. The van der Waals surface area contributed by atoms with Gasteiger partial charge in [0.15, 0.2) is 0 Å². The molecule has 0 unspecified atom stereocenters. The van der Waals surface area contributed by atoms with Crippen molar-refractivity contribution >= 4 is 23.1 Å². The van der Waals surface area contributed by atoms with Crippen LogP contribution in [0.25, 0.3) is 5.57 Å². The van der Waals surface area contributed by atoms with Crippen LogP contribution in [0.2, 0.25) is 0 Å². The number of methoxy groups -OCH3 is 4. The zero-order valence-corrected chi connectivity index (χ0v) is 18.8. The Morgan fingerprint density at radius 2 is 1.34 bits per heavy atom. The molecular weight excluding hydrogens is 412 g/mol. The van der Waals surface area contributed by atoms with Crippen LogP contribution in [0.1, 0.15) is 5.56 Å². The van der Waals surface area contributed by atoms with Crippen LogP contribution < -0.4 is 14.4 Å². The molecule has 170 valence electrons. The number of anilines is 1. The molecule has 0 aromatic heterocycles. The minimum Gasteiger partial charge on any atom is -0.497 e. The van der Waals surface area contributed by atoms with Crippen molar-refractivity contribution in [2.75, 3.05) is 59.6 Å². The number of benzene rings is 2. The molecule has 0 saturated heterocycles. The first kappa shape index (κ1) is 23.3. The van der Waals surface area contributed by atoms with Gasteiger partial charge in [0.05, 0.1) is 38.7 Å².